The van der Waals surface area contributed by atoms with Crippen LogP contribution in [0.2, 0.25) is 0 Å². The van der Waals surface area contributed by atoms with Gasteiger partial charge in [0.15, 0.2) is 5.78 Å². The summed E-state index contributed by atoms with van der Waals surface area (Å²) in [6, 6.07) is 8.45. The minimum Gasteiger partial charge on any atom is -0.545 e. The van der Waals surface area contributed by atoms with Crippen molar-refractivity contribution in [2.45, 2.75) is 5.03 Å². The number of Topliss-reactive ketones (excluding diaryl/α,β-unsaturated/α-hetero) is 1. The van der Waals surface area contributed by atoms with Gasteiger partial charge in [0.25, 0.3) is 0 Å². The van der Waals surface area contributed by atoms with Crippen LogP contribution in [0.25, 0.3) is 0 Å². The van der Waals surface area contributed by atoms with Gasteiger partial charge in [-0.15, -0.1) is 0 Å². The predicted octanol–water partition coefficient (Wildman–Crippen LogP) is 1.56. The first-order valence-electron chi connectivity index (χ1n) is 5.66. The number of halogens is 1. The Morgan fingerprint density at radius 2 is 1.85 bits per heavy atom. The molecule has 0 aliphatic rings. The zero-order valence-corrected chi connectivity index (χ0v) is 11.0. The Morgan fingerprint density at radius 3 is 2.55 bits per heavy atom. The second kappa shape index (κ2) is 6.29. The third-order valence-corrected chi connectivity index (χ3v) is 3.51. The van der Waals surface area contributed by atoms with Crippen molar-refractivity contribution >= 4 is 23.5 Å². The number of carboxylic acid groups (broad SMARTS) is 1. The Hall–Kier alpha value is -2.21. The number of ketones is 1. The molecule has 0 bridgehead atoms. The van der Waals surface area contributed by atoms with E-state index < -0.39 is 17.6 Å². The van der Waals surface area contributed by atoms with Crippen LogP contribution in [0, 0.1) is 5.82 Å². The van der Waals surface area contributed by atoms with Gasteiger partial charge in [0, 0.05) is 11.8 Å². The first-order valence-corrected chi connectivity index (χ1v) is 6.65. The van der Waals surface area contributed by atoms with Crippen LogP contribution in [0.3, 0.4) is 0 Å². The Labute approximate surface area is 118 Å². The molecule has 4 nitrogen and oxygen atoms in total. The van der Waals surface area contributed by atoms with E-state index in [2.05, 4.69) is 4.98 Å². The Kier molecular flexibility index (Phi) is 4.47. The highest BCUT2D eigenvalue weighted by atomic mass is 32.2. The first kappa shape index (κ1) is 14.2. The maximum atomic E-state index is 13.4. The third kappa shape index (κ3) is 3.21. The number of aromatic carboxylic acids is 1. The van der Waals surface area contributed by atoms with Crippen LogP contribution >= 0.6 is 11.8 Å². The van der Waals surface area contributed by atoms with E-state index >= 15 is 0 Å². The van der Waals surface area contributed by atoms with Crippen molar-refractivity contribution in [2.24, 2.45) is 0 Å². The molecular weight excluding hydrogens is 281 g/mol. The molecule has 1 heterocycles. The number of carboxylic acids is 1. The van der Waals surface area contributed by atoms with Crippen molar-refractivity contribution in [2.75, 3.05) is 5.75 Å². The summed E-state index contributed by atoms with van der Waals surface area (Å²) in [7, 11) is 0. The van der Waals surface area contributed by atoms with Gasteiger partial charge in [-0.3, -0.25) is 4.79 Å². The summed E-state index contributed by atoms with van der Waals surface area (Å²) in [5.74, 6) is -2.49. The van der Waals surface area contributed by atoms with Crippen LogP contribution < -0.4 is 5.11 Å². The fourth-order valence-electron chi connectivity index (χ4n) is 1.56. The second-order valence-electron chi connectivity index (χ2n) is 3.84. The molecule has 0 unspecified atom stereocenters. The largest absolute Gasteiger partial charge is 0.545 e. The Bertz CT molecular complexity index is 660. The van der Waals surface area contributed by atoms with Gasteiger partial charge in [-0.2, -0.15) is 0 Å². The third-order valence-electron chi connectivity index (χ3n) is 2.51. The lowest BCUT2D eigenvalue weighted by molar-refractivity contribution is -0.255. The molecule has 0 radical (unpaired) electrons. The highest BCUT2D eigenvalue weighted by Gasteiger charge is 2.13. The second-order valence-corrected chi connectivity index (χ2v) is 4.80. The van der Waals surface area contributed by atoms with Crippen LogP contribution in [0.15, 0.2) is 47.6 Å². The van der Waals surface area contributed by atoms with E-state index in [9.17, 15) is 19.1 Å². The molecule has 1 aromatic heterocycles. The molecule has 0 saturated carbocycles. The monoisotopic (exact) mass is 290 g/mol. The van der Waals surface area contributed by atoms with Gasteiger partial charge in [0.05, 0.1) is 17.3 Å². The van der Waals surface area contributed by atoms with Crippen molar-refractivity contribution in [1.29, 1.82) is 0 Å². The van der Waals surface area contributed by atoms with E-state index in [0.717, 1.165) is 11.8 Å². The number of hydrogen-bond acceptors (Lipinski definition) is 5. The van der Waals surface area contributed by atoms with E-state index in [4.69, 9.17) is 0 Å². The van der Waals surface area contributed by atoms with Gasteiger partial charge in [-0.25, -0.2) is 9.37 Å². The van der Waals surface area contributed by atoms with Crippen molar-refractivity contribution in [3.05, 3.63) is 59.5 Å². The van der Waals surface area contributed by atoms with Crippen molar-refractivity contribution < 1.29 is 19.1 Å². The first-order chi connectivity index (χ1) is 9.59. The van der Waals surface area contributed by atoms with E-state index in [1.54, 1.807) is 6.07 Å². The minimum atomic E-state index is -1.36. The number of carbonyl (C=O) groups excluding carboxylic acids is 2. The summed E-state index contributed by atoms with van der Waals surface area (Å²) in [6.45, 7) is 0. The zero-order chi connectivity index (χ0) is 14.5. The molecule has 2 aromatic rings. The van der Waals surface area contributed by atoms with E-state index in [1.807, 2.05) is 0 Å². The topological polar surface area (TPSA) is 70.1 Å². The zero-order valence-electron chi connectivity index (χ0n) is 10.2. The number of thioether (sulfide) groups is 1. The highest BCUT2D eigenvalue weighted by molar-refractivity contribution is 8.00. The Balaban J connectivity index is 2.12. The molecule has 0 fully saturated rings. The maximum absolute atomic E-state index is 13.4. The molecule has 0 aliphatic heterocycles. The molecule has 0 atom stereocenters. The van der Waals surface area contributed by atoms with Gasteiger partial charge in [-0.05, 0) is 24.3 Å². The molecule has 6 heteroatoms. The van der Waals surface area contributed by atoms with Crippen LogP contribution in [0.1, 0.15) is 20.7 Å². The highest BCUT2D eigenvalue weighted by Crippen LogP contribution is 2.21. The van der Waals surface area contributed by atoms with Gasteiger partial charge < -0.3 is 9.90 Å². The summed E-state index contributed by atoms with van der Waals surface area (Å²) in [4.78, 5) is 26.6. The summed E-state index contributed by atoms with van der Waals surface area (Å²) >= 11 is 0.939. The van der Waals surface area contributed by atoms with Crippen molar-refractivity contribution in [3.63, 3.8) is 0 Å². The smallest absolute Gasteiger partial charge is 0.176 e. The normalized spacial score (nSPS) is 10.2. The molecule has 2 rings (SSSR count). The molecule has 0 aliphatic carbocycles. The Morgan fingerprint density at radius 1 is 1.15 bits per heavy atom. The summed E-state index contributed by atoms with van der Waals surface area (Å²) < 4.78 is 13.4. The van der Waals surface area contributed by atoms with Crippen molar-refractivity contribution in [1.82, 2.24) is 4.98 Å². The van der Waals surface area contributed by atoms with Crippen LogP contribution in [-0.2, 0) is 0 Å². The van der Waals surface area contributed by atoms with Crippen LogP contribution in [0.4, 0.5) is 4.39 Å². The lowest BCUT2D eigenvalue weighted by atomic mass is 10.1. The predicted molar refractivity (Wildman–Crippen MR) is 70.0 cm³/mol. The van der Waals surface area contributed by atoms with Gasteiger partial charge in [-0.1, -0.05) is 23.9 Å². The molecule has 102 valence electrons. The van der Waals surface area contributed by atoms with E-state index in [-0.39, 0.29) is 21.9 Å². The average Bonchev–Trinajstić information content (AvgIpc) is 2.45. The summed E-state index contributed by atoms with van der Waals surface area (Å²) in [6.07, 6.45) is 1.42. The van der Waals surface area contributed by atoms with Crippen LogP contribution in [0.5, 0.6) is 0 Å². The number of carbonyl (C=O) groups is 2. The molecule has 0 amide bonds. The molecule has 0 spiro atoms. The van der Waals surface area contributed by atoms with Gasteiger partial charge in [0.2, 0.25) is 0 Å². The summed E-state index contributed by atoms with van der Waals surface area (Å²) in [5.41, 5.74) is -0.107. The molecule has 20 heavy (non-hydrogen) atoms. The fraction of sp³-hybridized carbons (Fsp3) is 0.0714. The molecule has 1 aromatic carbocycles. The standard InChI is InChI=1S/C14H10FNO3S/c15-11-6-2-1-4-9(11)12(17)8-20-13-10(14(18)19)5-3-7-16-13/h1-7H,8H2,(H,18,19)/p-1. The number of benzene rings is 1. The molecule has 0 saturated heterocycles. The van der Waals surface area contributed by atoms with Crippen molar-refractivity contribution in [3.8, 4) is 0 Å². The minimum absolute atomic E-state index is 0.0223. The maximum Gasteiger partial charge on any atom is 0.176 e. The van der Waals surface area contributed by atoms with Gasteiger partial charge in [0.1, 0.15) is 10.8 Å². The lowest BCUT2D eigenvalue weighted by Crippen LogP contribution is -2.23. The van der Waals surface area contributed by atoms with Crippen LogP contribution in [-0.4, -0.2) is 22.5 Å². The summed E-state index contributed by atoms with van der Waals surface area (Å²) in [5, 5.41) is 11.1. The average molecular weight is 290 g/mol. The van der Waals surface area contributed by atoms with Gasteiger partial charge >= 0.3 is 0 Å². The number of rotatable bonds is 5. The number of nitrogens with zero attached hydrogens (tertiary/aromatic N) is 1. The quantitative estimate of drug-likeness (QED) is 0.617. The number of hydrogen-bond donors (Lipinski definition) is 0. The molecular formula is C14H9FNO3S-. The number of aromatic nitrogens is 1. The SMILES string of the molecule is O=C(CSc1ncccc1C(=O)[O-])c1ccccc1F. The lowest BCUT2D eigenvalue weighted by Gasteiger charge is -2.08. The van der Waals surface area contributed by atoms with E-state index in [1.165, 1.54) is 36.5 Å². The molecule has 0 N–H and O–H groups in total. The fourth-order valence-corrected chi connectivity index (χ4v) is 2.43. The van der Waals surface area contributed by atoms with E-state index in [0.29, 0.717) is 0 Å². The number of pyridine rings is 1.